The molecule has 5 atom stereocenters. The molecule has 2 bridgehead atoms. The van der Waals surface area contributed by atoms with Gasteiger partial charge < -0.3 is 5.32 Å². The van der Waals surface area contributed by atoms with E-state index in [2.05, 4.69) is 31.0 Å². The highest BCUT2D eigenvalue weighted by Crippen LogP contribution is 2.50. The van der Waals surface area contributed by atoms with Crippen molar-refractivity contribution in [2.45, 2.75) is 71.0 Å². The van der Waals surface area contributed by atoms with Crippen molar-refractivity contribution < 1.29 is 0 Å². The van der Waals surface area contributed by atoms with Gasteiger partial charge in [0.05, 0.1) is 0 Å². The van der Waals surface area contributed by atoms with Crippen molar-refractivity contribution in [3.63, 3.8) is 0 Å². The lowest BCUT2D eigenvalue weighted by atomic mass is 9.83. The molecule has 1 saturated heterocycles. The van der Waals surface area contributed by atoms with Crippen LogP contribution in [0.3, 0.4) is 0 Å². The smallest absolute Gasteiger partial charge is 0.0209 e. The van der Waals surface area contributed by atoms with E-state index in [0.29, 0.717) is 6.04 Å². The maximum atomic E-state index is 3.71. The molecular weight excluding hydrogens is 220 g/mol. The third-order valence-electron chi connectivity index (χ3n) is 5.78. The Balaban J connectivity index is 1.53. The molecule has 0 aromatic rings. The number of fused-ring (bicyclic) bond motifs is 2. The van der Waals surface area contributed by atoms with E-state index in [-0.39, 0.29) is 0 Å². The van der Waals surface area contributed by atoms with Gasteiger partial charge in [0.25, 0.3) is 0 Å². The van der Waals surface area contributed by atoms with Crippen molar-refractivity contribution in [2.75, 3.05) is 13.1 Å². The number of rotatable bonds is 4. The third-order valence-corrected chi connectivity index (χ3v) is 5.78. The quantitative estimate of drug-likeness (QED) is 0.825. The highest BCUT2D eigenvalue weighted by molar-refractivity contribution is 4.96. The average Bonchev–Trinajstić information content (AvgIpc) is 3.01. The van der Waals surface area contributed by atoms with Crippen molar-refractivity contribution in [2.24, 2.45) is 17.8 Å². The van der Waals surface area contributed by atoms with E-state index in [0.717, 1.165) is 29.8 Å². The fraction of sp³-hybridized carbons (Fsp3) is 1.00. The molecule has 2 heteroatoms. The van der Waals surface area contributed by atoms with E-state index in [1.807, 2.05) is 0 Å². The fourth-order valence-corrected chi connectivity index (χ4v) is 4.92. The van der Waals surface area contributed by atoms with Crippen molar-refractivity contribution in [3.8, 4) is 0 Å². The Hall–Kier alpha value is -0.0800. The molecule has 1 heterocycles. The Bertz CT molecular complexity index is 289. The molecule has 1 N–H and O–H groups in total. The molecule has 0 aromatic carbocycles. The Labute approximate surface area is 113 Å². The van der Waals surface area contributed by atoms with Crippen LogP contribution in [0.2, 0.25) is 0 Å². The second-order valence-corrected chi connectivity index (χ2v) is 7.38. The average molecular weight is 250 g/mol. The second kappa shape index (κ2) is 5.13. The van der Waals surface area contributed by atoms with Crippen LogP contribution < -0.4 is 5.32 Å². The summed E-state index contributed by atoms with van der Waals surface area (Å²) in [5.74, 6) is 3.18. The van der Waals surface area contributed by atoms with E-state index in [1.165, 1.54) is 38.8 Å². The topological polar surface area (TPSA) is 15.3 Å². The highest BCUT2D eigenvalue weighted by Gasteiger charge is 2.44. The first-order valence-corrected chi connectivity index (χ1v) is 8.13. The summed E-state index contributed by atoms with van der Waals surface area (Å²) in [7, 11) is 0. The molecule has 0 aromatic heterocycles. The van der Waals surface area contributed by atoms with Gasteiger partial charge in [0, 0.05) is 31.2 Å². The molecule has 0 amide bonds. The van der Waals surface area contributed by atoms with Crippen LogP contribution in [0.4, 0.5) is 0 Å². The normalized spacial score (nSPS) is 42.0. The summed E-state index contributed by atoms with van der Waals surface area (Å²) in [6.45, 7) is 9.64. The standard InChI is InChI=1S/C16H30N2/c1-11(2)17-15-6-7-18(10-15)12(3)16-9-13-4-5-14(16)8-13/h11-17H,4-10H2,1-3H3. The van der Waals surface area contributed by atoms with Crippen LogP contribution in [-0.4, -0.2) is 36.1 Å². The second-order valence-electron chi connectivity index (χ2n) is 7.38. The van der Waals surface area contributed by atoms with Gasteiger partial charge in [-0.2, -0.15) is 0 Å². The zero-order valence-corrected chi connectivity index (χ0v) is 12.4. The van der Waals surface area contributed by atoms with E-state index < -0.39 is 0 Å². The molecule has 5 unspecified atom stereocenters. The largest absolute Gasteiger partial charge is 0.310 e. The molecule has 18 heavy (non-hydrogen) atoms. The predicted molar refractivity (Wildman–Crippen MR) is 76.6 cm³/mol. The lowest BCUT2D eigenvalue weighted by Crippen LogP contribution is -2.42. The SMILES string of the molecule is CC(C)NC1CCN(C(C)C2CC3CCC2C3)C1. The summed E-state index contributed by atoms with van der Waals surface area (Å²) in [6, 6.07) is 2.21. The molecule has 3 fully saturated rings. The molecular formula is C16H30N2. The maximum Gasteiger partial charge on any atom is 0.0209 e. The Morgan fingerprint density at radius 1 is 1.06 bits per heavy atom. The number of hydrogen-bond acceptors (Lipinski definition) is 2. The van der Waals surface area contributed by atoms with Gasteiger partial charge in [0.1, 0.15) is 0 Å². The first-order valence-electron chi connectivity index (χ1n) is 8.13. The van der Waals surface area contributed by atoms with Crippen LogP contribution in [0.15, 0.2) is 0 Å². The van der Waals surface area contributed by atoms with Gasteiger partial charge in [-0.05, 0) is 50.4 Å². The van der Waals surface area contributed by atoms with Crippen LogP contribution in [0, 0.1) is 17.8 Å². The number of hydrogen-bond donors (Lipinski definition) is 1. The highest BCUT2D eigenvalue weighted by atomic mass is 15.2. The minimum atomic E-state index is 0.632. The van der Waals surface area contributed by atoms with Crippen molar-refractivity contribution in [1.82, 2.24) is 10.2 Å². The zero-order chi connectivity index (χ0) is 12.7. The first kappa shape index (κ1) is 12.9. The van der Waals surface area contributed by atoms with Crippen LogP contribution in [0.5, 0.6) is 0 Å². The molecule has 2 saturated carbocycles. The molecule has 0 radical (unpaired) electrons. The summed E-state index contributed by atoms with van der Waals surface area (Å²) in [5.41, 5.74) is 0. The lowest BCUT2D eigenvalue weighted by molar-refractivity contribution is 0.142. The summed E-state index contributed by atoms with van der Waals surface area (Å²) < 4.78 is 0. The summed E-state index contributed by atoms with van der Waals surface area (Å²) >= 11 is 0. The van der Waals surface area contributed by atoms with Gasteiger partial charge in [0.15, 0.2) is 0 Å². The minimum Gasteiger partial charge on any atom is -0.310 e. The van der Waals surface area contributed by atoms with Gasteiger partial charge >= 0.3 is 0 Å². The maximum absolute atomic E-state index is 3.71. The number of nitrogens with one attached hydrogen (secondary N) is 1. The number of nitrogens with zero attached hydrogens (tertiary/aromatic N) is 1. The van der Waals surface area contributed by atoms with Crippen molar-refractivity contribution >= 4 is 0 Å². The van der Waals surface area contributed by atoms with Crippen LogP contribution in [-0.2, 0) is 0 Å². The van der Waals surface area contributed by atoms with Gasteiger partial charge in [-0.1, -0.05) is 20.3 Å². The summed E-state index contributed by atoms with van der Waals surface area (Å²) in [4.78, 5) is 2.77. The third kappa shape index (κ3) is 2.46. The zero-order valence-electron chi connectivity index (χ0n) is 12.4. The lowest BCUT2D eigenvalue weighted by Gasteiger charge is -2.34. The van der Waals surface area contributed by atoms with E-state index in [9.17, 15) is 0 Å². The van der Waals surface area contributed by atoms with Crippen molar-refractivity contribution in [1.29, 1.82) is 0 Å². The molecule has 0 spiro atoms. The summed E-state index contributed by atoms with van der Waals surface area (Å²) in [6.07, 6.45) is 7.50. The van der Waals surface area contributed by atoms with Gasteiger partial charge in [-0.15, -0.1) is 0 Å². The molecule has 3 aliphatic rings. The van der Waals surface area contributed by atoms with E-state index >= 15 is 0 Å². The van der Waals surface area contributed by atoms with Gasteiger partial charge in [0.2, 0.25) is 0 Å². The van der Waals surface area contributed by atoms with Gasteiger partial charge in [-0.3, -0.25) is 4.90 Å². The van der Waals surface area contributed by atoms with Crippen LogP contribution >= 0.6 is 0 Å². The number of likely N-dealkylation sites (tertiary alicyclic amines) is 1. The minimum absolute atomic E-state index is 0.632. The van der Waals surface area contributed by atoms with E-state index in [4.69, 9.17) is 0 Å². The van der Waals surface area contributed by atoms with Crippen LogP contribution in [0.1, 0.15) is 52.9 Å². The monoisotopic (exact) mass is 250 g/mol. The van der Waals surface area contributed by atoms with Gasteiger partial charge in [-0.25, -0.2) is 0 Å². The molecule has 2 nitrogen and oxygen atoms in total. The van der Waals surface area contributed by atoms with E-state index in [1.54, 1.807) is 6.42 Å². The molecule has 1 aliphatic heterocycles. The summed E-state index contributed by atoms with van der Waals surface area (Å²) in [5, 5.41) is 3.71. The molecule has 104 valence electrons. The fourth-order valence-electron chi connectivity index (χ4n) is 4.92. The predicted octanol–water partition coefficient (Wildman–Crippen LogP) is 2.88. The Morgan fingerprint density at radius 3 is 2.50 bits per heavy atom. The molecule has 2 aliphatic carbocycles. The first-order chi connectivity index (χ1) is 8.63. The van der Waals surface area contributed by atoms with Crippen LogP contribution in [0.25, 0.3) is 0 Å². The Kier molecular flexibility index (Phi) is 3.68. The van der Waals surface area contributed by atoms with Crippen molar-refractivity contribution in [3.05, 3.63) is 0 Å². The Morgan fingerprint density at radius 2 is 1.89 bits per heavy atom. The molecule has 3 rings (SSSR count).